The van der Waals surface area contributed by atoms with E-state index in [4.69, 9.17) is 11.6 Å². The van der Waals surface area contributed by atoms with Crippen molar-refractivity contribution in [3.63, 3.8) is 0 Å². The van der Waals surface area contributed by atoms with Crippen LogP contribution in [0.25, 0.3) is 11.0 Å². The fourth-order valence-electron chi connectivity index (χ4n) is 2.37. The molecule has 0 aliphatic carbocycles. The first-order valence-electron chi connectivity index (χ1n) is 6.21. The average molecular weight is 281 g/mol. The van der Waals surface area contributed by atoms with Crippen molar-refractivity contribution in [2.75, 3.05) is 30.4 Å². The van der Waals surface area contributed by atoms with E-state index in [0.717, 1.165) is 22.5 Å². The van der Waals surface area contributed by atoms with E-state index in [0.29, 0.717) is 24.5 Å². The predicted molar refractivity (Wildman–Crippen MR) is 75.8 cm³/mol. The molecule has 0 amide bonds. The van der Waals surface area contributed by atoms with E-state index in [2.05, 4.69) is 15.3 Å². The van der Waals surface area contributed by atoms with Crippen LogP contribution in [0.15, 0.2) is 18.3 Å². The maximum Gasteiger partial charge on any atom is 0.129 e. The molecule has 0 saturated carbocycles. The van der Waals surface area contributed by atoms with Gasteiger partial charge in [0, 0.05) is 19.8 Å². The number of anilines is 2. The summed E-state index contributed by atoms with van der Waals surface area (Å²) in [6.45, 7) is 1.10. The van der Waals surface area contributed by atoms with Crippen LogP contribution in [0, 0.1) is 0 Å². The molecular weight excluding hydrogens is 267 g/mol. The van der Waals surface area contributed by atoms with Crippen LogP contribution >= 0.6 is 11.6 Å². The summed E-state index contributed by atoms with van der Waals surface area (Å²) >= 11 is 6.10. The lowest BCUT2D eigenvalue weighted by molar-refractivity contribution is 0.364. The normalized spacial score (nSPS) is 19.1. The number of aromatic nitrogens is 2. The summed E-state index contributed by atoms with van der Waals surface area (Å²) in [5.74, 6) is 0.771. The molecular formula is C13H14ClFN4. The zero-order chi connectivity index (χ0) is 13.4. The second-order valence-electron chi connectivity index (χ2n) is 4.60. The van der Waals surface area contributed by atoms with Gasteiger partial charge in [0.2, 0.25) is 0 Å². The van der Waals surface area contributed by atoms with Gasteiger partial charge in [-0.2, -0.15) is 0 Å². The number of fused-ring (bicyclic) bond motifs is 1. The highest BCUT2D eigenvalue weighted by Gasteiger charge is 2.23. The van der Waals surface area contributed by atoms with Crippen LogP contribution in [-0.4, -0.2) is 36.3 Å². The highest BCUT2D eigenvalue weighted by atomic mass is 35.5. The minimum Gasteiger partial charge on any atom is -0.385 e. The van der Waals surface area contributed by atoms with Crippen molar-refractivity contribution in [3.8, 4) is 0 Å². The number of rotatable bonds is 2. The van der Waals surface area contributed by atoms with E-state index in [1.165, 1.54) is 0 Å². The van der Waals surface area contributed by atoms with Crippen LogP contribution in [0.2, 0.25) is 5.02 Å². The van der Waals surface area contributed by atoms with E-state index in [-0.39, 0.29) is 0 Å². The van der Waals surface area contributed by atoms with E-state index in [9.17, 15) is 4.39 Å². The lowest BCUT2D eigenvalue weighted by Gasteiger charge is -2.17. The fourth-order valence-corrected chi connectivity index (χ4v) is 2.61. The van der Waals surface area contributed by atoms with E-state index in [1.807, 2.05) is 17.0 Å². The summed E-state index contributed by atoms with van der Waals surface area (Å²) in [5, 5.41) is 3.57. The molecule has 3 heterocycles. The van der Waals surface area contributed by atoms with Crippen LogP contribution in [0.1, 0.15) is 6.42 Å². The first-order chi connectivity index (χ1) is 9.19. The van der Waals surface area contributed by atoms with Crippen LogP contribution < -0.4 is 10.2 Å². The molecule has 3 rings (SSSR count). The highest BCUT2D eigenvalue weighted by Crippen LogP contribution is 2.30. The fraction of sp³-hybridized carbons (Fsp3) is 0.385. The molecule has 1 fully saturated rings. The van der Waals surface area contributed by atoms with Crippen molar-refractivity contribution >= 4 is 34.1 Å². The Morgan fingerprint density at radius 3 is 3.00 bits per heavy atom. The van der Waals surface area contributed by atoms with Crippen LogP contribution in [-0.2, 0) is 0 Å². The second kappa shape index (κ2) is 4.81. The van der Waals surface area contributed by atoms with E-state index in [1.54, 1.807) is 13.2 Å². The minimum absolute atomic E-state index is 0.404. The molecule has 1 aliphatic rings. The van der Waals surface area contributed by atoms with Gasteiger partial charge in [-0.05, 0) is 18.6 Å². The first kappa shape index (κ1) is 12.4. The van der Waals surface area contributed by atoms with Crippen molar-refractivity contribution in [3.05, 3.63) is 23.4 Å². The standard InChI is InChI=1S/C13H14ClFN4/c1-16-12-9(14)6-17-10-2-3-11(18-13(10)12)19-5-4-8(15)7-19/h2-3,6,8H,4-5,7H2,1H3,(H,16,17). The molecule has 0 bridgehead atoms. The molecule has 19 heavy (non-hydrogen) atoms. The Morgan fingerprint density at radius 1 is 1.47 bits per heavy atom. The highest BCUT2D eigenvalue weighted by molar-refractivity contribution is 6.34. The van der Waals surface area contributed by atoms with Gasteiger partial charge in [-0.25, -0.2) is 9.37 Å². The zero-order valence-electron chi connectivity index (χ0n) is 10.5. The Balaban J connectivity index is 2.08. The molecule has 2 aromatic heterocycles. The largest absolute Gasteiger partial charge is 0.385 e. The topological polar surface area (TPSA) is 41.1 Å². The van der Waals surface area contributed by atoms with Crippen LogP contribution in [0.3, 0.4) is 0 Å². The molecule has 1 unspecified atom stereocenters. The number of pyridine rings is 2. The summed E-state index contributed by atoms with van der Waals surface area (Å²) in [5.41, 5.74) is 2.24. The summed E-state index contributed by atoms with van der Waals surface area (Å²) in [6, 6.07) is 3.76. The number of nitrogens with one attached hydrogen (secondary N) is 1. The third-order valence-corrected chi connectivity index (χ3v) is 3.64. The van der Waals surface area contributed by atoms with Gasteiger partial charge in [-0.15, -0.1) is 0 Å². The minimum atomic E-state index is -0.765. The molecule has 1 N–H and O–H groups in total. The number of nitrogens with zero attached hydrogens (tertiary/aromatic N) is 3. The predicted octanol–water partition coefficient (Wildman–Crippen LogP) is 2.87. The van der Waals surface area contributed by atoms with Crippen LogP contribution in [0.5, 0.6) is 0 Å². The zero-order valence-corrected chi connectivity index (χ0v) is 11.3. The number of alkyl halides is 1. The Bertz CT molecular complexity index is 619. The lowest BCUT2D eigenvalue weighted by atomic mass is 10.2. The van der Waals surface area contributed by atoms with Gasteiger partial charge in [-0.3, -0.25) is 4.98 Å². The Labute approximate surface area is 115 Å². The molecule has 1 atom stereocenters. The van der Waals surface area contributed by atoms with E-state index >= 15 is 0 Å². The van der Waals surface area contributed by atoms with E-state index < -0.39 is 6.17 Å². The third-order valence-electron chi connectivity index (χ3n) is 3.36. The van der Waals surface area contributed by atoms with Crippen molar-refractivity contribution < 1.29 is 4.39 Å². The van der Waals surface area contributed by atoms with Crippen LogP contribution in [0.4, 0.5) is 15.9 Å². The average Bonchev–Trinajstić information content (AvgIpc) is 2.85. The van der Waals surface area contributed by atoms with Gasteiger partial charge >= 0.3 is 0 Å². The van der Waals surface area contributed by atoms with Crippen molar-refractivity contribution in [1.82, 2.24) is 9.97 Å². The second-order valence-corrected chi connectivity index (χ2v) is 5.01. The number of hydrogen-bond donors (Lipinski definition) is 1. The number of hydrogen-bond acceptors (Lipinski definition) is 4. The summed E-state index contributed by atoms with van der Waals surface area (Å²) < 4.78 is 13.3. The Morgan fingerprint density at radius 2 is 2.32 bits per heavy atom. The Kier molecular flexibility index (Phi) is 3.14. The molecule has 0 radical (unpaired) electrons. The van der Waals surface area contributed by atoms with Gasteiger partial charge in [-0.1, -0.05) is 11.6 Å². The third kappa shape index (κ3) is 2.18. The van der Waals surface area contributed by atoms with Gasteiger partial charge in [0.25, 0.3) is 0 Å². The van der Waals surface area contributed by atoms with Crippen molar-refractivity contribution in [2.24, 2.45) is 0 Å². The van der Waals surface area contributed by atoms with Crippen molar-refractivity contribution in [1.29, 1.82) is 0 Å². The maximum atomic E-state index is 13.3. The van der Waals surface area contributed by atoms with Crippen molar-refractivity contribution in [2.45, 2.75) is 12.6 Å². The first-order valence-corrected chi connectivity index (χ1v) is 6.59. The molecule has 1 aliphatic heterocycles. The smallest absolute Gasteiger partial charge is 0.129 e. The monoisotopic (exact) mass is 280 g/mol. The quantitative estimate of drug-likeness (QED) is 0.918. The Hall–Kier alpha value is -1.62. The van der Waals surface area contributed by atoms with Gasteiger partial charge in [0.05, 0.1) is 22.8 Å². The summed E-state index contributed by atoms with van der Waals surface area (Å²) in [7, 11) is 1.79. The molecule has 6 heteroatoms. The molecule has 1 saturated heterocycles. The summed E-state index contributed by atoms with van der Waals surface area (Å²) in [4.78, 5) is 10.8. The number of halogens is 2. The van der Waals surface area contributed by atoms with Gasteiger partial charge < -0.3 is 10.2 Å². The van der Waals surface area contributed by atoms with Gasteiger partial charge in [0.15, 0.2) is 0 Å². The molecule has 4 nitrogen and oxygen atoms in total. The van der Waals surface area contributed by atoms with Gasteiger partial charge in [0.1, 0.15) is 17.5 Å². The SMILES string of the molecule is CNc1c(Cl)cnc2ccc(N3CCC(F)C3)nc12. The summed E-state index contributed by atoms with van der Waals surface area (Å²) in [6.07, 6.45) is 1.40. The lowest BCUT2D eigenvalue weighted by Crippen LogP contribution is -2.21. The molecule has 0 aromatic carbocycles. The molecule has 100 valence electrons. The molecule has 2 aromatic rings. The maximum absolute atomic E-state index is 13.3. The molecule has 0 spiro atoms.